The van der Waals surface area contributed by atoms with Crippen molar-refractivity contribution in [2.45, 2.75) is 0 Å². The largest absolute Gasteiger partial charge is 0.456 e. The second-order valence-electron chi connectivity index (χ2n) is 13.9. The molecule has 0 unspecified atom stereocenters. The van der Waals surface area contributed by atoms with Crippen LogP contribution in [-0.2, 0) is 0 Å². The Hall–Kier alpha value is -7.17. The standard InChI is InChI=1S/C49H27N3O/c1-2-9-31(10-3-1)47-50-48(33-23-24-36-35-14-4-5-18-41(35)53-42(36)27-33)52-49(51-47)34-25-32-22-21-30-12-7-16-38-37-15-6-11-28-19-20-29-13-8-17-39(45(29)43(28)37)40(26-34)46(32)44(30)38/h1-27H. The van der Waals surface area contributed by atoms with Crippen LogP contribution >= 0.6 is 0 Å². The van der Waals surface area contributed by atoms with Crippen LogP contribution in [0.25, 0.3) is 121 Å². The predicted molar refractivity (Wildman–Crippen MR) is 220 cm³/mol. The summed E-state index contributed by atoms with van der Waals surface area (Å²) in [5.74, 6) is 1.85. The van der Waals surface area contributed by atoms with Gasteiger partial charge in [0.2, 0.25) is 0 Å². The molecular weight excluding hydrogens is 647 g/mol. The van der Waals surface area contributed by atoms with Crippen molar-refractivity contribution in [2.24, 2.45) is 0 Å². The Balaban J connectivity index is 1.20. The number of para-hydroxylation sites is 1. The number of hydrogen-bond donors (Lipinski definition) is 0. The Morgan fingerprint density at radius 2 is 0.792 bits per heavy atom. The first kappa shape index (κ1) is 28.5. The van der Waals surface area contributed by atoms with E-state index in [2.05, 4.69) is 121 Å². The molecule has 0 saturated heterocycles. The summed E-state index contributed by atoms with van der Waals surface area (Å²) < 4.78 is 6.29. The minimum Gasteiger partial charge on any atom is -0.456 e. The summed E-state index contributed by atoms with van der Waals surface area (Å²) in [5, 5.41) is 17.0. The fourth-order valence-corrected chi connectivity index (χ4v) is 8.63. The van der Waals surface area contributed by atoms with E-state index >= 15 is 0 Å². The number of benzene rings is 9. The first-order valence-electron chi connectivity index (χ1n) is 17.9. The normalized spacial score (nSPS) is 12.2. The SMILES string of the molecule is c1ccc(-c2nc(-c3ccc4c(c3)oc3ccccc34)nc(-c3cc4ccc5cccc6c7cccc8ccc9cccc(c(c3)c4c56)c9c87)n2)cc1. The van der Waals surface area contributed by atoms with Gasteiger partial charge in [0, 0.05) is 27.5 Å². The molecule has 0 saturated carbocycles. The highest BCUT2D eigenvalue weighted by molar-refractivity contribution is 6.37. The van der Waals surface area contributed by atoms with Crippen LogP contribution in [0.3, 0.4) is 0 Å². The summed E-state index contributed by atoms with van der Waals surface area (Å²) in [6.45, 7) is 0. The molecule has 4 nitrogen and oxygen atoms in total. The molecule has 0 bridgehead atoms. The molecule has 2 aromatic heterocycles. The molecule has 0 spiro atoms. The molecule has 12 aromatic rings. The molecule has 244 valence electrons. The lowest BCUT2D eigenvalue weighted by Crippen LogP contribution is -2.00. The minimum atomic E-state index is 0.598. The molecule has 0 aliphatic heterocycles. The molecule has 0 aliphatic rings. The fraction of sp³-hybridized carbons (Fsp3) is 0. The molecule has 0 atom stereocenters. The summed E-state index contributed by atoms with van der Waals surface area (Å²) >= 11 is 0. The number of rotatable bonds is 3. The molecule has 0 radical (unpaired) electrons. The third kappa shape index (κ3) is 4.15. The van der Waals surface area contributed by atoms with E-state index in [0.29, 0.717) is 17.5 Å². The smallest absolute Gasteiger partial charge is 0.164 e. The van der Waals surface area contributed by atoms with E-state index in [4.69, 9.17) is 19.4 Å². The summed E-state index contributed by atoms with van der Waals surface area (Å²) in [5.41, 5.74) is 4.41. The van der Waals surface area contributed by atoms with Crippen molar-refractivity contribution < 1.29 is 4.42 Å². The summed E-state index contributed by atoms with van der Waals surface area (Å²) in [6, 6.07) is 58.2. The summed E-state index contributed by atoms with van der Waals surface area (Å²) in [7, 11) is 0. The second-order valence-corrected chi connectivity index (χ2v) is 13.9. The van der Waals surface area contributed by atoms with Crippen molar-refractivity contribution in [1.29, 1.82) is 0 Å². The van der Waals surface area contributed by atoms with E-state index in [1.807, 2.05) is 42.5 Å². The van der Waals surface area contributed by atoms with E-state index in [9.17, 15) is 0 Å². The van der Waals surface area contributed by atoms with Crippen LogP contribution in [0, 0.1) is 0 Å². The van der Waals surface area contributed by atoms with Crippen molar-refractivity contribution >= 4 is 86.6 Å². The monoisotopic (exact) mass is 673 g/mol. The Morgan fingerprint density at radius 3 is 1.47 bits per heavy atom. The number of aromatic nitrogens is 3. The van der Waals surface area contributed by atoms with Crippen molar-refractivity contribution in [1.82, 2.24) is 15.0 Å². The Morgan fingerprint density at radius 1 is 0.283 bits per heavy atom. The zero-order valence-corrected chi connectivity index (χ0v) is 28.3. The minimum absolute atomic E-state index is 0.598. The van der Waals surface area contributed by atoms with E-state index in [-0.39, 0.29) is 0 Å². The molecule has 10 aromatic carbocycles. The van der Waals surface area contributed by atoms with E-state index < -0.39 is 0 Å². The maximum Gasteiger partial charge on any atom is 0.164 e. The number of hydrogen-bond acceptors (Lipinski definition) is 4. The highest BCUT2D eigenvalue weighted by Crippen LogP contribution is 2.44. The van der Waals surface area contributed by atoms with Crippen LogP contribution in [0.15, 0.2) is 168 Å². The lowest BCUT2D eigenvalue weighted by atomic mass is 9.87. The maximum absolute atomic E-state index is 6.29. The van der Waals surface area contributed by atoms with Gasteiger partial charge < -0.3 is 4.42 Å². The van der Waals surface area contributed by atoms with Gasteiger partial charge in [-0.1, -0.05) is 133 Å². The van der Waals surface area contributed by atoms with E-state index in [1.165, 1.54) is 59.2 Å². The third-order valence-corrected chi connectivity index (χ3v) is 11.0. The fourth-order valence-electron chi connectivity index (χ4n) is 8.63. The van der Waals surface area contributed by atoms with Gasteiger partial charge in [0.05, 0.1) is 0 Å². The topological polar surface area (TPSA) is 51.8 Å². The zero-order valence-electron chi connectivity index (χ0n) is 28.3. The van der Waals surface area contributed by atoms with E-state index in [0.717, 1.165) is 44.0 Å². The van der Waals surface area contributed by atoms with Crippen LogP contribution in [0.1, 0.15) is 0 Å². The predicted octanol–water partition coefficient (Wildman–Crippen LogP) is 13.1. The second kappa shape index (κ2) is 10.7. The van der Waals surface area contributed by atoms with Crippen LogP contribution in [-0.4, -0.2) is 15.0 Å². The van der Waals surface area contributed by atoms with Gasteiger partial charge >= 0.3 is 0 Å². The van der Waals surface area contributed by atoms with Crippen molar-refractivity contribution in [3.63, 3.8) is 0 Å². The number of furan rings is 1. The summed E-state index contributed by atoms with van der Waals surface area (Å²) in [4.78, 5) is 15.5. The molecular formula is C49H27N3O. The van der Waals surface area contributed by atoms with Gasteiger partial charge in [-0.3, -0.25) is 0 Å². The first-order chi connectivity index (χ1) is 26.2. The van der Waals surface area contributed by atoms with Gasteiger partial charge in [0.25, 0.3) is 0 Å². The maximum atomic E-state index is 6.29. The van der Waals surface area contributed by atoms with Crippen molar-refractivity contribution in [3.05, 3.63) is 164 Å². The third-order valence-electron chi connectivity index (χ3n) is 11.0. The lowest BCUT2D eigenvalue weighted by molar-refractivity contribution is 0.669. The molecule has 53 heavy (non-hydrogen) atoms. The molecule has 0 aliphatic carbocycles. The summed E-state index contributed by atoms with van der Waals surface area (Å²) in [6.07, 6.45) is 0. The van der Waals surface area contributed by atoms with Crippen molar-refractivity contribution in [2.75, 3.05) is 0 Å². The molecule has 4 heteroatoms. The quantitative estimate of drug-likeness (QED) is 0.175. The van der Waals surface area contributed by atoms with Gasteiger partial charge in [-0.05, 0) is 95.0 Å². The average Bonchev–Trinajstić information content (AvgIpc) is 3.60. The van der Waals surface area contributed by atoms with Gasteiger partial charge in [0.15, 0.2) is 17.5 Å². The van der Waals surface area contributed by atoms with E-state index in [1.54, 1.807) is 0 Å². The highest BCUT2D eigenvalue weighted by Gasteiger charge is 2.19. The molecule has 0 fully saturated rings. The molecule has 2 heterocycles. The van der Waals surface area contributed by atoms with Crippen LogP contribution in [0.2, 0.25) is 0 Å². The van der Waals surface area contributed by atoms with Gasteiger partial charge in [-0.15, -0.1) is 0 Å². The molecule has 0 amide bonds. The zero-order chi connectivity index (χ0) is 34.6. The Kier molecular flexibility index (Phi) is 5.74. The number of nitrogens with zero attached hydrogens (tertiary/aromatic N) is 3. The van der Waals surface area contributed by atoms with Crippen LogP contribution in [0.5, 0.6) is 0 Å². The van der Waals surface area contributed by atoms with Gasteiger partial charge in [-0.25, -0.2) is 15.0 Å². The first-order valence-corrected chi connectivity index (χ1v) is 17.9. The average molecular weight is 674 g/mol. The number of fused-ring (bicyclic) bond motifs is 5. The van der Waals surface area contributed by atoms with Gasteiger partial charge in [-0.2, -0.15) is 0 Å². The molecule has 0 N–H and O–H groups in total. The van der Waals surface area contributed by atoms with Crippen LogP contribution in [0.4, 0.5) is 0 Å². The Labute approximate surface area is 302 Å². The van der Waals surface area contributed by atoms with Gasteiger partial charge in [0.1, 0.15) is 11.2 Å². The Bertz CT molecular complexity index is 3450. The molecule has 12 rings (SSSR count). The lowest BCUT2D eigenvalue weighted by Gasteiger charge is -2.17. The highest BCUT2D eigenvalue weighted by atomic mass is 16.3. The van der Waals surface area contributed by atoms with Crippen molar-refractivity contribution in [3.8, 4) is 34.2 Å². The van der Waals surface area contributed by atoms with Crippen LogP contribution < -0.4 is 0 Å².